The number of aliphatic imine (C=N–C) groups is 1. The van der Waals surface area contributed by atoms with E-state index in [4.69, 9.17) is 10.5 Å². The van der Waals surface area contributed by atoms with Crippen molar-refractivity contribution in [1.82, 2.24) is 15.5 Å². The van der Waals surface area contributed by atoms with E-state index < -0.39 is 46.6 Å². The molecule has 4 atom stereocenters. The molecule has 0 saturated heterocycles. The molecule has 2 rings (SSSR count). The fourth-order valence-electron chi connectivity index (χ4n) is 5.92. The van der Waals surface area contributed by atoms with Gasteiger partial charge < -0.3 is 31.1 Å². The number of nitrogens with zero attached hydrogens (tertiary/aromatic N) is 2. The molecule has 0 aliphatic carbocycles. The molecule has 5 N–H and O–H groups in total. The molecule has 12 nitrogen and oxygen atoms in total. The van der Waals surface area contributed by atoms with Crippen LogP contribution in [0.3, 0.4) is 0 Å². The van der Waals surface area contributed by atoms with Crippen LogP contribution in [-0.2, 0) is 47.6 Å². The number of esters is 1. The van der Waals surface area contributed by atoms with Crippen molar-refractivity contribution in [1.29, 1.82) is 0 Å². The highest BCUT2D eigenvalue weighted by Gasteiger charge is 2.31. The Labute approximate surface area is 324 Å². The molecular weight excluding hydrogens is 707 g/mol. The molecular formula is C41H63N5O7S. The number of hydrogen-bond acceptors (Lipinski definition) is 8. The standard InChI is InChI=1S/C41H63N5O7S/c1-5-6-7-8-9-10-11-12-13-17-27-53-38(48)24-26-46(3)41(51)37(30-32-18-15-14-16-19-32)45-39(49)35(25-28-54(4)52)44-40(50)36(43-31(2)42)29-33-20-22-34(47)23-21-33/h14-16,18-23,35-37,47H,5-13,17,24-30H2,1-4H3,(H2,42,43)(H,44,50)(H,45,49)/t35-,36+,37+,54?/m1/s1. The summed E-state index contributed by atoms with van der Waals surface area (Å²) in [6, 6.07) is 12.4. The minimum Gasteiger partial charge on any atom is -0.508 e. The van der Waals surface area contributed by atoms with E-state index in [0.29, 0.717) is 12.2 Å². The van der Waals surface area contributed by atoms with E-state index in [1.54, 1.807) is 26.1 Å². The number of hydrogen-bond donors (Lipinski definition) is 4. The molecule has 0 radical (unpaired) electrons. The summed E-state index contributed by atoms with van der Waals surface area (Å²) in [5, 5.41) is 15.2. The molecule has 300 valence electrons. The van der Waals surface area contributed by atoms with Gasteiger partial charge in [0.2, 0.25) is 17.7 Å². The zero-order chi connectivity index (χ0) is 39.7. The Balaban J connectivity index is 2.04. The van der Waals surface area contributed by atoms with Gasteiger partial charge in [-0.25, -0.2) is 0 Å². The number of nitrogens with one attached hydrogen (secondary N) is 2. The number of carbonyl (C=O) groups excluding carboxylic acids is 4. The van der Waals surface area contributed by atoms with Crippen LogP contribution in [0.5, 0.6) is 5.75 Å². The van der Waals surface area contributed by atoms with Gasteiger partial charge in [0, 0.05) is 49.2 Å². The van der Waals surface area contributed by atoms with Crippen molar-refractivity contribution in [2.45, 2.75) is 122 Å². The summed E-state index contributed by atoms with van der Waals surface area (Å²) < 4.78 is 17.5. The largest absolute Gasteiger partial charge is 0.508 e. The Morgan fingerprint density at radius 3 is 2.00 bits per heavy atom. The summed E-state index contributed by atoms with van der Waals surface area (Å²) in [7, 11) is 0.304. The molecule has 54 heavy (non-hydrogen) atoms. The van der Waals surface area contributed by atoms with Gasteiger partial charge in [-0.15, -0.1) is 0 Å². The Morgan fingerprint density at radius 2 is 1.41 bits per heavy atom. The molecule has 0 fully saturated rings. The molecule has 0 saturated carbocycles. The lowest BCUT2D eigenvalue weighted by Crippen LogP contribution is -2.56. The van der Waals surface area contributed by atoms with E-state index in [1.165, 1.54) is 68.2 Å². The van der Waals surface area contributed by atoms with Gasteiger partial charge >= 0.3 is 5.97 Å². The number of ether oxygens (including phenoxy) is 1. The van der Waals surface area contributed by atoms with E-state index >= 15 is 0 Å². The molecule has 0 bridgehead atoms. The molecule has 3 amide bonds. The maximum atomic E-state index is 13.9. The second kappa shape index (κ2) is 26.5. The van der Waals surface area contributed by atoms with Crippen molar-refractivity contribution in [2.24, 2.45) is 10.7 Å². The number of amidine groups is 1. The third kappa shape index (κ3) is 19.7. The first-order valence-electron chi connectivity index (χ1n) is 19.3. The van der Waals surface area contributed by atoms with Crippen LogP contribution >= 0.6 is 0 Å². The van der Waals surface area contributed by atoms with Crippen molar-refractivity contribution in [3.8, 4) is 5.75 Å². The van der Waals surface area contributed by atoms with Gasteiger partial charge in [-0.3, -0.25) is 28.4 Å². The smallest absolute Gasteiger partial charge is 0.307 e. The summed E-state index contributed by atoms with van der Waals surface area (Å²) in [6.45, 7) is 4.22. The Morgan fingerprint density at radius 1 is 0.833 bits per heavy atom. The van der Waals surface area contributed by atoms with Gasteiger partial charge in [-0.1, -0.05) is 107 Å². The second-order valence-electron chi connectivity index (χ2n) is 13.9. The zero-order valence-electron chi connectivity index (χ0n) is 32.7. The van der Waals surface area contributed by atoms with Crippen molar-refractivity contribution in [3.63, 3.8) is 0 Å². The van der Waals surface area contributed by atoms with Crippen LogP contribution in [0.4, 0.5) is 0 Å². The average molecular weight is 770 g/mol. The lowest BCUT2D eigenvalue weighted by Gasteiger charge is -2.27. The SMILES string of the molecule is CCCCCCCCCCCCOC(=O)CCN(C)C(=O)[C@H](Cc1ccccc1)NC(=O)[C@@H](CCS(C)=O)NC(=O)[C@H](Cc1ccc(O)cc1)N=C(C)N. The zero-order valence-corrected chi connectivity index (χ0v) is 33.5. The summed E-state index contributed by atoms with van der Waals surface area (Å²) in [6.07, 6.45) is 13.7. The Bertz CT molecular complexity index is 1470. The quantitative estimate of drug-likeness (QED) is 0.0426. The Kier molecular flexibility index (Phi) is 22.5. The maximum absolute atomic E-state index is 13.9. The van der Waals surface area contributed by atoms with Crippen molar-refractivity contribution >= 4 is 40.3 Å². The fourth-order valence-corrected chi connectivity index (χ4v) is 6.49. The van der Waals surface area contributed by atoms with Crippen molar-refractivity contribution in [3.05, 3.63) is 65.7 Å². The van der Waals surface area contributed by atoms with E-state index in [9.17, 15) is 28.5 Å². The van der Waals surface area contributed by atoms with Crippen LogP contribution < -0.4 is 16.4 Å². The lowest BCUT2D eigenvalue weighted by atomic mass is 10.0. The molecule has 1 unspecified atom stereocenters. The van der Waals surface area contributed by atoms with Gasteiger partial charge in [0.15, 0.2) is 0 Å². The van der Waals surface area contributed by atoms with Gasteiger partial charge in [-0.05, 0) is 43.0 Å². The molecule has 0 aromatic heterocycles. The normalized spacial score (nSPS) is 13.7. The number of nitrogens with two attached hydrogens (primary N) is 1. The monoisotopic (exact) mass is 769 g/mol. The van der Waals surface area contributed by atoms with Gasteiger partial charge in [0.25, 0.3) is 0 Å². The highest BCUT2D eigenvalue weighted by molar-refractivity contribution is 7.84. The molecule has 2 aromatic rings. The van der Waals surface area contributed by atoms with Gasteiger partial charge in [0.1, 0.15) is 23.9 Å². The van der Waals surface area contributed by atoms with Crippen LogP contribution in [-0.4, -0.2) is 94.1 Å². The van der Waals surface area contributed by atoms with E-state index in [1.807, 2.05) is 30.3 Å². The minimum absolute atomic E-state index is 0.0104. The lowest BCUT2D eigenvalue weighted by molar-refractivity contribution is -0.145. The molecule has 0 aliphatic heterocycles. The Hall–Kier alpha value is -4.26. The van der Waals surface area contributed by atoms with Crippen LogP contribution in [0.25, 0.3) is 0 Å². The highest BCUT2D eigenvalue weighted by atomic mass is 32.2. The number of rotatable bonds is 27. The summed E-state index contributed by atoms with van der Waals surface area (Å²) in [5.74, 6) is -1.62. The summed E-state index contributed by atoms with van der Waals surface area (Å²) in [4.78, 5) is 59.4. The molecule has 0 spiro atoms. The first-order valence-corrected chi connectivity index (χ1v) is 21.0. The summed E-state index contributed by atoms with van der Waals surface area (Å²) >= 11 is 0. The predicted molar refractivity (Wildman–Crippen MR) is 216 cm³/mol. The number of amides is 3. The first kappa shape index (κ1) is 45.9. The van der Waals surface area contributed by atoms with E-state index in [2.05, 4.69) is 22.5 Å². The third-order valence-electron chi connectivity index (χ3n) is 9.04. The third-order valence-corrected chi connectivity index (χ3v) is 9.85. The number of phenols is 1. The number of benzene rings is 2. The molecule has 13 heteroatoms. The number of phenolic OH excluding ortho intramolecular Hbond substituents is 1. The van der Waals surface area contributed by atoms with Crippen molar-refractivity contribution < 1.29 is 33.2 Å². The average Bonchev–Trinajstić information content (AvgIpc) is 3.14. The van der Waals surface area contributed by atoms with Crippen molar-refractivity contribution in [2.75, 3.05) is 32.2 Å². The number of carbonyl (C=O) groups is 4. The molecule has 0 aliphatic rings. The molecule has 0 heterocycles. The number of unbranched alkanes of at least 4 members (excludes halogenated alkanes) is 9. The number of likely N-dealkylation sites (N-methyl/N-ethyl adjacent to an activating group) is 1. The van der Waals surface area contributed by atoms with E-state index in [-0.39, 0.29) is 55.5 Å². The maximum Gasteiger partial charge on any atom is 0.307 e. The van der Waals surface area contributed by atoms with Gasteiger partial charge in [-0.2, -0.15) is 0 Å². The van der Waals surface area contributed by atoms with Crippen LogP contribution in [0, 0.1) is 0 Å². The fraction of sp³-hybridized carbons (Fsp3) is 0.585. The highest BCUT2D eigenvalue weighted by Crippen LogP contribution is 2.14. The van der Waals surface area contributed by atoms with E-state index in [0.717, 1.165) is 24.8 Å². The number of aromatic hydroxyl groups is 1. The predicted octanol–water partition coefficient (Wildman–Crippen LogP) is 4.97. The van der Waals surface area contributed by atoms with Gasteiger partial charge in [0.05, 0.1) is 18.9 Å². The summed E-state index contributed by atoms with van der Waals surface area (Å²) in [5.41, 5.74) is 7.37. The minimum atomic E-state index is -1.27. The van der Waals surface area contributed by atoms with Crippen LogP contribution in [0.15, 0.2) is 59.6 Å². The topological polar surface area (TPSA) is 180 Å². The van der Waals surface area contributed by atoms with Crippen LogP contribution in [0.2, 0.25) is 0 Å². The van der Waals surface area contributed by atoms with Crippen LogP contribution in [0.1, 0.15) is 102 Å². The first-order chi connectivity index (χ1) is 25.9. The molecule has 2 aromatic carbocycles. The second-order valence-corrected chi connectivity index (χ2v) is 15.5.